The van der Waals surface area contributed by atoms with E-state index in [1.165, 1.54) is 36.6 Å². The Morgan fingerprint density at radius 3 is 2.80 bits per heavy atom. The number of para-hydroxylation sites is 1. The molecule has 106 valence electrons. The van der Waals surface area contributed by atoms with Gasteiger partial charge in [0.15, 0.2) is 11.6 Å². The van der Waals surface area contributed by atoms with E-state index in [1.807, 2.05) is 0 Å². The third-order valence-corrected chi connectivity index (χ3v) is 4.66. The highest BCUT2D eigenvalue weighted by Gasteiger charge is 2.35. The molecule has 1 aliphatic rings. The summed E-state index contributed by atoms with van der Waals surface area (Å²) in [6, 6.07) is 7.02. The van der Waals surface area contributed by atoms with Crippen molar-refractivity contribution in [3.05, 3.63) is 42.4 Å². The fraction of sp³-hybridized carbons (Fsp3) is 0.231. The Hall–Kier alpha value is -2.02. The van der Waals surface area contributed by atoms with Crippen LogP contribution in [0.4, 0.5) is 10.1 Å². The van der Waals surface area contributed by atoms with Crippen LogP contribution in [0.2, 0.25) is 0 Å². The smallest absolute Gasteiger partial charge is 0.298 e. The third kappa shape index (κ3) is 1.94. The molecule has 0 spiro atoms. The van der Waals surface area contributed by atoms with E-state index in [4.69, 9.17) is 9.15 Å². The number of sulfonamides is 1. The maximum Gasteiger partial charge on any atom is 0.298 e. The number of rotatable bonds is 2. The molecule has 0 fully saturated rings. The molecule has 0 saturated heterocycles. The summed E-state index contributed by atoms with van der Waals surface area (Å²) in [5.41, 5.74) is 0.180. The minimum atomic E-state index is -3.86. The first kappa shape index (κ1) is 13.0. The van der Waals surface area contributed by atoms with Crippen molar-refractivity contribution in [2.24, 2.45) is 0 Å². The SMILES string of the molecule is C[C@@H]1CN(S(=O)(=O)c2ccco2)c2cccc(F)c2O1. The second-order valence-corrected chi connectivity index (χ2v) is 6.28. The highest BCUT2D eigenvalue weighted by atomic mass is 32.2. The van der Waals surface area contributed by atoms with E-state index in [-0.39, 0.29) is 23.1 Å². The van der Waals surface area contributed by atoms with E-state index < -0.39 is 21.9 Å². The lowest BCUT2D eigenvalue weighted by atomic mass is 10.2. The molecule has 0 aliphatic carbocycles. The van der Waals surface area contributed by atoms with E-state index in [1.54, 1.807) is 6.92 Å². The van der Waals surface area contributed by atoms with Gasteiger partial charge in [0.1, 0.15) is 6.10 Å². The Bertz CT molecular complexity index is 727. The topological polar surface area (TPSA) is 59.8 Å². The van der Waals surface area contributed by atoms with Gasteiger partial charge in [0, 0.05) is 0 Å². The maximum atomic E-state index is 13.8. The van der Waals surface area contributed by atoms with Crippen molar-refractivity contribution in [2.75, 3.05) is 10.8 Å². The second kappa shape index (κ2) is 4.52. The van der Waals surface area contributed by atoms with Gasteiger partial charge in [-0.15, -0.1) is 0 Å². The molecule has 0 saturated carbocycles. The van der Waals surface area contributed by atoms with Gasteiger partial charge >= 0.3 is 0 Å². The summed E-state index contributed by atoms with van der Waals surface area (Å²) in [7, 11) is -3.86. The molecule has 7 heteroatoms. The number of nitrogens with zero attached hydrogens (tertiary/aromatic N) is 1. The highest BCUT2D eigenvalue weighted by Crippen LogP contribution is 2.38. The van der Waals surface area contributed by atoms with E-state index in [0.29, 0.717) is 0 Å². The van der Waals surface area contributed by atoms with E-state index >= 15 is 0 Å². The summed E-state index contributed by atoms with van der Waals surface area (Å²) in [6.07, 6.45) is 0.826. The lowest BCUT2D eigenvalue weighted by molar-refractivity contribution is 0.209. The van der Waals surface area contributed by atoms with Crippen molar-refractivity contribution in [1.82, 2.24) is 0 Å². The molecule has 1 atom stereocenters. The fourth-order valence-corrected chi connectivity index (χ4v) is 3.58. The number of hydrogen-bond donors (Lipinski definition) is 0. The Balaban J connectivity index is 2.15. The molecule has 5 nitrogen and oxygen atoms in total. The van der Waals surface area contributed by atoms with Crippen LogP contribution < -0.4 is 9.04 Å². The summed E-state index contributed by atoms with van der Waals surface area (Å²) < 4.78 is 50.3. The number of benzene rings is 1. The highest BCUT2D eigenvalue weighted by molar-refractivity contribution is 7.92. The van der Waals surface area contributed by atoms with Crippen LogP contribution in [0.15, 0.2) is 46.1 Å². The largest absolute Gasteiger partial charge is 0.484 e. The molecule has 0 N–H and O–H groups in total. The number of furan rings is 1. The molecule has 1 aromatic carbocycles. The Labute approximate surface area is 115 Å². The number of anilines is 1. The summed E-state index contributed by atoms with van der Waals surface area (Å²) in [5.74, 6) is -0.643. The fourth-order valence-electron chi connectivity index (χ4n) is 2.13. The average molecular weight is 297 g/mol. The van der Waals surface area contributed by atoms with Crippen molar-refractivity contribution < 1.29 is 22.0 Å². The number of halogens is 1. The van der Waals surface area contributed by atoms with Gasteiger partial charge < -0.3 is 9.15 Å². The van der Waals surface area contributed by atoms with Crippen LogP contribution in [-0.4, -0.2) is 21.1 Å². The Morgan fingerprint density at radius 1 is 1.30 bits per heavy atom. The molecule has 20 heavy (non-hydrogen) atoms. The monoisotopic (exact) mass is 297 g/mol. The molecular weight excluding hydrogens is 285 g/mol. The van der Waals surface area contributed by atoms with Crippen LogP contribution in [0.1, 0.15) is 6.92 Å². The minimum absolute atomic E-state index is 0.0543. The van der Waals surface area contributed by atoms with E-state index in [2.05, 4.69) is 0 Å². The van der Waals surface area contributed by atoms with Crippen LogP contribution in [0, 0.1) is 5.82 Å². The molecule has 1 aromatic heterocycles. The van der Waals surface area contributed by atoms with Crippen LogP contribution in [-0.2, 0) is 10.0 Å². The van der Waals surface area contributed by atoms with Crippen molar-refractivity contribution in [3.63, 3.8) is 0 Å². The summed E-state index contributed by atoms with van der Waals surface area (Å²) >= 11 is 0. The van der Waals surface area contributed by atoms with Gasteiger partial charge in [0.2, 0.25) is 5.09 Å². The molecule has 0 radical (unpaired) electrons. The zero-order valence-corrected chi connectivity index (χ0v) is 11.4. The quantitative estimate of drug-likeness (QED) is 0.854. The Morgan fingerprint density at radius 2 is 2.10 bits per heavy atom. The van der Waals surface area contributed by atoms with Crippen molar-refractivity contribution in [3.8, 4) is 5.75 Å². The predicted octanol–water partition coefficient (Wildman–Crippen LogP) is 2.39. The first-order valence-corrected chi connectivity index (χ1v) is 7.45. The zero-order chi connectivity index (χ0) is 14.3. The molecule has 0 bridgehead atoms. The molecule has 2 aromatic rings. The number of hydrogen-bond acceptors (Lipinski definition) is 4. The lowest BCUT2D eigenvalue weighted by Gasteiger charge is -2.33. The summed E-state index contributed by atoms with van der Waals surface area (Å²) in [4.78, 5) is 0. The lowest BCUT2D eigenvalue weighted by Crippen LogP contribution is -2.42. The molecule has 3 rings (SSSR count). The van der Waals surface area contributed by atoms with Gasteiger partial charge in [-0.25, -0.2) is 4.39 Å². The first-order chi connectivity index (χ1) is 9.50. The zero-order valence-electron chi connectivity index (χ0n) is 10.6. The number of fused-ring (bicyclic) bond motifs is 1. The van der Waals surface area contributed by atoms with Gasteiger partial charge in [-0.3, -0.25) is 4.31 Å². The second-order valence-electron chi connectivity index (χ2n) is 4.48. The van der Waals surface area contributed by atoms with Crippen LogP contribution in [0.3, 0.4) is 0 Å². The van der Waals surface area contributed by atoms with Crippen molar-refractivity contribution >= 4 is 15.7 Å². The van der Waals surface area contributed by atoms with Gasteiger partial charge in [0.05, 0.1) is 18.5 Å². The average Bonchev–Trinajstić information content (AvgIpc) is 2.93. The summed E-state index contributed by atoms with van der Waals surface area (Å²) in [6.45, 7) is 1.78. The molecule has 0 amide bonds. The molecule has 1 aliphatic heterocycles. The third-order valence-electron chi connectivity index (χ3n) is 3.00. The Kier molecular flexibility index (Phi) is 2.93. The van der Waals surface area contributed by atoms with Crippen LogP contribution in [0.5, 0.6) is 5.75 Å². The van der Waals surface area contributed by atoms with Crippen molar-refractivity contribution in [2.45, 2.75) is 18.1 Å². The normalized spacial score (nSPS) is 18.5. The van der Waals surface area contributed by atoms with E-state index in [0.717, 1.165) is 4.31 Å². The molecule has 2 heterocycles. The molecule has 0 unspecified atom stereocenters. The predicted molar refractivity (Wildman–Crippen MR) is 69.7 cm³/mol. The summed E-state index contributed by atoms with van der Waals surface area (Å²) in [5, 5.41) is -0.179. The first-order valence-electron chi connectivity index (χ1n) is 6.01. The van der Waals surface area contributed by atoms with Crippen molar-refractivity contribution in [1.29, 1.82) is 0 Å². The molecular formula is C13H12FNO4S. The van der Waals surface area contributed by atoms with Gasteiger partial charge in [-0.2, -0.15) is 8.42 Å². The maximum absolute atomic E-state index is 13.8. The van der Waals surface area contributed by atoms with Gasteiger partial charge in [0.25, 0.3) is 10.0 Å². The van der Waals surface area contributed by atoms with E-state index in [9.17, 15) is 12.8 Å². The number of ether oxygens (including phenoxy) is 1. The van der Waals surface area contributed by atoms with Gasteiger partial charge in [-0.05, 0) is 31.2 Å². The van der Waals surface area contributed by atoms with Crippen LogP contribution >= 0.6 is 0 Å². The van der Waals surface area contributed by atoms with Crippen LogP contribution in [0.25, 0.3) is 0 Å². The minimum Gasteiger partial charge on any atom is -0.484 e. The standard InChI is InChI=1S/C13H12FNO4S/c1-9-8-15(20(16,17)12-6-3-7-18-12)11-5-2-4-10(14)13(11)19-9/h2-7,9H,8H2,1H3/t9-/m1/s1. The van der Waals surface area contributed by atoms with Gasteiger partial charge in [-0.1, -0.05) is 6.07 Å².